The van der Waals surface area contributed by atoms with Crippen LogP contribution >= 0.6 is 0 Å². The zero-order valence-electron chi connectivity index (χ0n) is 17.6. The number of aryl methyl sites for hydroxylation is 1. The number of amides is 2. The number of rotatable bonds is 7. The highest BCUT2D eigenvalue weighted by atomic mass is 32.2. The Balaban J connectivity index is 1.46. The summed E-state index contributed by atoms with van der Waals surface area (Å²) in [7, 11) is -3.89. The largest absolute Gasteiger partial charge is 0.468 e. The van der Waals surface area contributed by atoms with Gasteiger partial charge in [-0.2, -0.15) is 4.31 Å². The van der Waals surface area contributed by atoms with Crippen LogP contribution in [0.4, 0.5) is 0 Å². The van der Waals surface area contributed by atoms with E-state index < -0.39 is 10.0 Å². The van der Waals surface area contributed by atoms with E-state index in [1.165, 1.54) is 6.26 Å². The Morgan fingerprint density at radius 3 is 2.26 bits per heavy atom. The van der Waals surface area contributed by atoms with E-state index >= 15 is 0 Å². The Morgan fingerprint density at radius 1 is 1.03 bits per heavy atom. The van der Waals surface area contributed by atoms with Gasteiger partial charge >= 0.3 is 0 Å². The minimum Gasteiger partial charge on any atom is -0.468 e. The lowest BCUT2D eigenvalue weighted by molar-refractivity contribution is -0.140. The molecule has 9 heteroatoms. The van der Waals surface area contributed by atoms with Gasteiger partial charge in [0.05, 0.1) is 24.2 Å². The van der Waals surface area contributed by atoms with Crippen molar-refractivity contribution in [3.05, 3.63) is 54.0 Å². The molecular weight excluding hydrogens is 418 g/mol. The SMILES string of the molecule is Cc1ccc(S(=O)(=O)N(CC(=O)N2CCN(C(=O)C3CC3)CC2)Cc2ccco2)cc1. The summed E-state index contributed by atoms with van der Waals surface area (Å²) in [6.07, 6.45) is 3.39. The first-order valence-corrected chi connectivity index (χ1v) is 11.9. The van der Waals surface area contributed by atoms with Crippen molar-refractivity contribution in [1.82, 2.24) is 14.1 Å². The minimum absolute atomic E-state index is 0.0327. The first-order chi connectivity index (χ1) is 14.8. The van der Waals surface area contributed by atoms with E-state index in [1.54, 1.807) is 41.3 Å². The molecule has 2 fully saturated rings. The van der Waals surface area contributed by atoms with Gasteiger partial charge in [0, 0.05) is 32.1 Å². The van der Waals surface area contributed by atoms with Crippen molar-refractivity contribution in [2.45, 2.75) is 31.2 Å². The van der Waals surface area contributed by atoms with Crippen LogP contribution in [0, 0.1) is 12.8 Å². The van der Waals surface area contributed by atoms with Gasteiger partial charge < -0.3 is 14.2 Å². The van der Waals surface area contributed by atoms with Crippen molar-refractivity contribution in [3.63, 3.8) is 0 Å². The van der Waals surface area contributed by atoms with Gasteiger partial charge in [0.2, 0.25) is 21.8 Å². The number of carbonyl (C=O) groups excluding carboxylic acids is 2. The lowest BCUT2D eigenvalue weighted by Crippen LogP contribution is -2.53. The second-order valence-corrected chi connectivity index (χ2v) is 10.1. The maximum atomic E-state index is 13.3. The molecule has 0 spiro atoms. The van der Waals surface area contributed by atoms with Gasteiger partial charge in [-0.05, 0) is 44.0 Å². The number of piperazine rings is 1. The third-order valence-electron chi connectivity index (χ3n) is 5.75. The lowest BCUT2D eigenvalue weighted by Gasteiger charge is -2.35. The van der Waals surface area contributed by atoms with Crippen molar-refractivity contribution >= 4 is 21.8 Å². The van der Waals surface area contributed by atoms with Crippen LogP contribution in [-0.2, 0) is 26.2 Å². The van der Waals surface area contributed by atoms with Gasteiger partial charge in [-0.3, -0.25) is 9.59 Å². The molecule has 1 aliphatic carbocycles. The second kappa shape index (κ2) is 8.84. The molecule has 31 heavy (non-hydrogen) atoms. The van der Waals surface area contributed by atoms with Crippen molar-refractivity contribution in [2.75, 3.05) is 32.7 Å². The van der Waals surface area contributed by atoms with E-state index in [0.717, 1.165) is 22.7 Å². The molecule has 1 aromatic carbocycles. The van der Waals surface area contributed by atoms with Crippen molar-refractivity contribution < 1.29 is 22.4 Å². The van der Waals surface area contributed by atoms with Gasteiger partial charge in [0.1, 0.15) is 5.76 Å². The van der Waals surface area contributed by atoms with Crippen LogP contribution in [0.3, 0.4) is 0 Å². The summed E-state index contributed by atoms with van der Waals surface area (Å²) >= 11 is 0. The summed E-state index contributed by atoms with van der Waals surface area (Å²) in [5.74, 6) is 0.517. The Hall–Kier alpha value is -2.65. The highest BCUT2D eigenvalue weighted by molar-refractivity contribution is 7.89. The van der Waals surface area contributed by atoms with Crippen molar-refractivity contribution in [1.29, 1.82) is 0 Å². The molecule has 4 rings (SSSR count). The molecule has 2 aliphatic rings. The number of furan rings is 1. The third-order valence-corrected chi connectivity index (χ3v) is 7.56. The fourth-order valence-electron chi connectivity index (χ4n) is 3.68. The molecule has 1 saturated carbocycles. The monoisotopic (exact) mass is 445 g/mol. The average Bonchev–Trinajstić information content (AvgIpc) is 3.49. The van der Waals surface area contributed by atoms with E-state index in [9.17, 15) is 18.0 Å². The molecule has 1 saturated heterocycles. The summed E-state index contributed by atoms with van der Waals surface area (Å²) < 4.78 is 33.0. The normalized spacial score (nSPS) is 17.2. The zero-order valence-corrected chi connectivity index (χ0v) is 18.4. The molecule has 0 bridgehead atoms. The number of hydrogen-bond donors (Lipinski definition) is 0. The predicted octanol–water partition coefficient (Wildman–Crippen LogP) is 1.86. The molecule has 2 heterocycles. The first kappa shape index (κ1) is 21.6. The Labute approximate surface area is 182 Å². The molecule has 2 aromatic rings. The van der Waals surface area contributed by atoms with Crippen LogP contribution in [0.2, 0.25) is 0 Å². The Morgan fingerprint density at radius 2 is 1.68 bits per heavy atom. The van der Waals surface area contributed by atoms with Crippen molar-refractivity contribution in [2.24, 2.45) is 5.92 Å². The standard InChI is InChI=1S/C22H27N3O5S/c1-17-4-8-20(9-5-17)31(28,29)25(15-19-3-2-14-30-19)16-21(26)23-10-12-24(13-11-23)22(27)18-6-7-18/h2-5,8-9,14,18H,6-7,10-13,15-16H2,1H3. The van der Waals surface area contributed by atoms with E-state index in [-0.39, 0.29) is 35.7 Å². The molecular formula is C22H27N3O5S. The molecule has 2 amide bonds. The smallest absolute Gasteiger partial charge is 0.243 e. The fourth-order valence-corrected chi connectivity index (χ4v) is 5.03. The van der Waals surface area contributed by atoms with Crippen LogP contribution in [0.1, 0.15) is 24.2 Å². The molecule has 0 atom stereocenters. The summed E-state index contributed by atoms with van der Waals surface area (Å²) in [6, 6.07) is 9.93. The fraction of sp³-hybridized carbons (Fsp3) is 0.455. The summed E-state index contributed by atoms with van der Waals surface area (Å²) in [5, 5.41) is 0. The first-order valence-electron chi connectivity index (χ1n) is 10.5. The van der Waals surface area contributed by atoms with E-state index in [0.29, 0.717) is 31.9 Å². The maximum absolute atomic E-state index is 13.3. The van der Waals surface area contributed by atoms with Gasteiger partial charge in [-0.15, -0.1) is 0 Å². The minimum atomic E-state index is -3.89. The van der Waals surface area contributed by atoms with E-state index in [2.05, 4.69) is 0 Å². The predicted molar refractivity (Wildman–Crippen MR) is 113 cm³/mol. The van der Waals surface area contributed by atoms with Gasteiger partial charge in [-0.25, -0.2) is 8.42 Å². The van der Waals surface area contributed by atoms with Gasteiger partial charge in [0.25, 0.3) is 0 Å². The number of carbonyl (C=O) groups is 2. The van der Waals surface area contributed by atoms with Crippen LogP contribution in [0.25, 0.3) is 0 Å². The van der Waals surface area contributed by atoms with Crippen LogP contribution in [-0.4, -0.2) is 67.1 Å². The maximum Gasteiger partial charge on any atom is 0.243 e. The summed E-state index contributed by atoms with van der Waals surface area (Å²) in [6.45, 7) is 3.37. The number of sulfonamides is 1. The molecule has 0 radical (unpaired) electrons. The van der Waals surface area contributed by atoms with Gasteiger partial charge in [-0.1, -0.05) is 17.7 Å². The highest BCUT2D eigenvalue weighted by Crippen LogP contribution is 2.31. The Bertz CT molecular complexity index is 1020. The number of nitrogens with zero attached hydrogens (tertiary/aromatic N) is 3. The lowest BCUT2D eigenvalue weighted by atomic mass is 10.2. The highest BCUT2D eigenvalue weighted by Gasteiger charge is 2.36. The van der Waals surface area contributed by atoms with Crippen LogP contribution in [0.15, 0.2) is 52.0 Å². The molecule has 8 nitrogen and oxygen atoms in total. The molecule has 0 N–H and O–H groups in total. The number of benzene rings is 1. The van der Waals surface area contributed by atoms with Crippen LogP contribution in [0.5, 0.6) is 0 Å². The van der Waals surface area contributed by atoms with E-state index in [4.69, 9.17) is 4.42 Å². The summed E-state index contributed by atoms with van der Waals surface area (Å²) in [4.78, 5) is 28.8. The van der Waals surface area contributed by atoms with E-state index in [1.807, 2.05) is 11.8 Å². The van der Waals surface area contributed by atoms with Crippen LogP contribution < -0.4 is 0 Å². The Kier molecular flexibility index (Phi) is 6.15. The second-order valence-electron chi connectivity index (χ2n) is 8.15. The molecule has 1 aromatic heterocycles. The summed E-state index contributed by atoms with van der Waals surface area (Å²) in [5.41, 5.74) is 0.950. The van der Waals surface area contributed by atoms with Gasteiger partial charge in [0.15, 0.2) is 0 Å². The zero-order chi connectivity index (χ0) is 22.0. The molecule has 166 valence electrons. The third kappa shape index (κ3) is 4.99. The average molecular weight is 446 g/mol. The molecule has 1 aliphatic heterocycles. The quantitative estimate of drug-likeness (QED) is 0.649. The molecule has 0 unspecified atom stereocenters. The van der Waals surface area contributed by atoms with Crippen molar-refractivity contribution in [3.8, 4) is 0 Å². The topological polar surface area (TPSA) is 91.1 Å². The number of hydrogen-bond acceptors (Lipinski definition) is 5.